The number of benzene rings is 2. The molecule has 3 rings (SSSR count). The third kappa shape index (κ3) is 5.35. The minimum Gasteiger partial charge on any atom is -0.326 e. The first kappa shape index (κ1) is 19.0. The standard InChI is InChI=1S/C19H17ClN4O2S/c1-2-16(25)21-15-9-5-13(6-10-15)18(26)22-19-24-23-17(27-19)11-12-3-7-14(20)8-4-12/h3-10H,2,11H2,1H3,(H,21,25)(H,22,24,26). The molecular formula is C19H17ClN4O2S. The number of halogens is 1. The predicted molar refractivity (Wildman–Crippen MR) is 107 cm³/mol. The lowest BCUT2D eigenvalue weighted by Gasteiger charge is -2.05. The van der Waals surface area contributed by atoms with Gasteiger partial charge in [0.15, 0.2) is 0 Å². The Morgan fingerprint density at radius 2 is 1.70 bits per heavy atom. The molecule has 0 bridgehead atoms. The minimum atomic E-state index is -0.280. The molecule has 0 aliphatic heterocycles. The molecule has 1 aromatic heterocycles. The van der Waals surface area contributed by atoms with E-state index in [1.54, 1.807) is 31.2 Å². The van der Waals surface area contributed by atoms with E-state index in [4.69, 9.17) is 11.6 Å². The summed E-state index contributed by atoms with van der Waals surface area (Å²) in [5.41, 5.74) is 2.19. The second-order valence-electron chi connectivity index (χ2n) is 5.74. The van der Waals surface area contributed by atoms with Crippen molar-refractivity contribution < 1.29 is 9.59 Å². The highest BCUT2D eigenvalue weighted by Crippen LogP contribution is 2.20. The van der Waals surface area contributed by atoms with Gasteiger partial charge in [0.1, 0.15) is 5.01 Å². The Kier molecular flexibility index (Phi) is 6.16. The largest absolute Gasteiger partial charge is 0.326 e. The number of amides is 2. The zero-order chi connectivity index (χ0) is 19.2. The van der Waals surface area contributed by atoms with E-state index in [9.17, 15) is 9.59 Å². The molecule has 2 aromatic carbocycles. The first-order valence-electron chi connectivity index (χ1n) is 8.31. The molecule has 0 unspecified atom stereocenters. The van der Waals surface area contributed by atoms with Crippen LogP contribution in [0.5, 0.6) is 0 Å². The highest BCUT2D eigenvalue weighted by Gasteiger charge is 2.11. The van der Waals surface area contributed by atoms with Crippen molar-refractivity contribution in [2.75, 3.05) is 10.6 Å². The second kappa shape index (κ2) is 8.75. The summed E-state index contributed by atoms with van der Waals surface area (Å²) < 4.78 is 0. The quantitative estimate of drug-likeness (QED) is 0.643. The van der Waals surface area contributed by atoms with Crippen LogP contribution in [0.1, 0.15) is 34.3 Å². The van der Waals surface area contributed by atoms with Gasteiger partial charge in [-0.3, -0.25) is 14.9 Å². The van der Waals surface area contributed by atoms with E-state index in [0.29, 0.717) is 34.2 Å². The molecule has 0 saturated carbocycles. The Morgan fingerprint density at radius 1 is 1.00 bits per heavy atom. The molecule has 0 saturated heterocycles. The molecule has 0 aliphatic carbocycles. The summed E-state index contributed by atoms with van der Waals surface area (Å²) in [6, 6.07) is 14.2. The van der Waals surface area contributed by atoms with Crippen LogP contribution in [0.15, 0.2) is 48.5 Å². The highest BCUT2D eigenvalue weighted by atomic mass is 35.5. The smallest absolute Gasteiger partial charge is 0.257 e. The van der Waals surface area contributed by atoms with Gasteiger partial charge in [0.25, 0.3) is 5.91 Å². The zero-order valence-electron chi connectivity index (χ0n) is 14.5. The second-order valence-corrected chi connectivity index (χ2v) is 7.24. The van der Waals surface area contributed by atoms with E-state index in [-0.39, 0.29) is 11.8 Å². The highest BCUT2D eigenvalue weighted by molar-refractivity contribution is 7.15. The summed E-state index contributed by atoms with van der Waals surface area (Å²) in [6.07, 6.45) is 1.02. The Bertz CT molecular complexity index is 939. The normalized spacial score (nSPS) is 10.4. The molecule has 0 aliphatic rings. The summed E-state index contributed by atoms with van der Waals surface area (Å²) in [4.78, 5) is 23.7. The molecule has 0 atom stereocenters. The summed E-state index contributed by atoms with van der Waals surface area (Å²) in [6.45, 7) is 1.78. The molecule has 0 fully saturated rings. The maximum Gasteiger partial charge on any atom is 0.257 e. The van der Waals surface area contributed by atoms with Crippen molar-refractivity contribution >= 4 is 45.6 Å². The molecule has 6 nitrogen and oxygen atoms in total. The number of carbonyl (C=O) groups excluding carboxylic acids is 2. The number of nitrogens with one attached hydrogen (secondary N) is 2. The Labute approximate surface area is 165 Å². The van der Waals surface area contributed by atoms with Crippen LogP contribution < -0.4 is 10.6 Å². The molecule has 0 radical (unpaired) electrons. The van der Waals surface area contributed by atoms with Crippen molar-refractivity contribution in [2.45, 2.75) is 19.8 Å². The molecule has 138 valence electrons. The van der Waals surface area contributed by atoms with E-state index in [2.05, 4.69) is 20.8 Å². The van der Waals surface area contributed by atoms with Crippen LogP contribution in [0.4, 0.5) is 10.8 Å². The van der Waals surface area contributed by atoms with E-state index in [0.717, 1.165) is 10.6 Å². The van der Waals surface area contributed by atoms with Gasteiger partial charge in [-0.2, -0.15) is 0 Å². The third-order valence-electron chi connectivity index (χ3n) is 3.71. The van der Waals surface area contributed by atoms with Crippen molar-refractivity contribution in [3.63, 3.8) is 0 Å². The van der Waals surface area contributed by atoms with E-state index < -0.39 is 0 Å². The van der Waals surface area contributed by atoms with Crippen LogP contribution >= 0.6 is 22.9 Å². The summed E-state index contributed by atoms with van der Waals surface area (Å²) in [7, 11) is 0. The topological polar surface area (TPSA) is 84.0 Å². The molecule has 3 aromatic rings. The van der Waals surface area contributed by atoms with Crippen molar-refractivity contribution in [1.82, 2.24) is 10.2 Å². The fourth-order valence-corrected chi connectivity index (χ4v) is 3.17. The van der Waals surface area contributed by atoms with E-state index >= 15 is 0 Å². The van der Waals surface area contributed by atoms with Crippen LogP contribution in [-0.4, -0.2) is 22.0 Å². The van der Waals surface area contributed by atoms with Gasteiger partial charge in [0.2, 0.25) is 11.0 Å². The summed E-state index contributed by atoms with van der Waals surface area (Å²) in [5, 5.41) is 15.5. The van der Waals surface area contributed by atoms with Crippen molar-refractivity contribution in [3.8, 4) is 0 Å². The summed E-state index contributed by atoms with van der Waals surface area (Å²) >= 11 is 7.21. The Hall–Kier alpha value is -2.77. The number of aromatic nitrogens is 2. The molecule has 1 heterocycles. The molecule has 8 heteroatoms. The lowest BCUT2D eigenvalue weighted by atomic mass is 10.2. The van der Waals surface area contributed by atoms with Crippen molar-refractivity contribution in [3.05, 3.63) is 69.7 Å². The number of hydrogen-bond acceptors (Lipinski definition) is 5. The third-order valence-corrected chi connectivity index (χ3v) is 4.80. The first-order valence-corrected chi connectivity index (χ1v) is 9.51. The Morgan fingerprint density at radius 3 is 2.37 bits per heavy atom. The van der Waals surface area contributed by atoms with Gasteiger partial charge in [-0.25, -0.2) is 0 Å². The number of carbonyl (C=O) groups is 2. The van der Waals surface area contributed by atoms with E-state index in [1.165, 1.54) is 11.3 Å². The van der Waals surface area contributed by atoms with Gasteiger partial charge in [-0.05, 0) is 42.0 Å². The van der Waals surface area contributed by atoms with Gasteiger partial charge < -0.3 is 5.32 Å². The molecule has 27 heavy (non-hydrogen) atoms. The molecule has 0 spiro atoms. The average molecular weight is 401 g/mol. The first-order chi connectivity index (χ1) is 13.0. The predicted octanol–water partition coefficient (Wildman–Crippen LogP) is 4.38. The maximum absolute atomic E-state index is 12.3. The van der Waals surface area contributed by atoms with Gasteiger partial charge in [0, 0.05) is 29.1 Å². The Balaban J connectivity index is 1.60. The summed E-state index contributed by atoms with van der Waals surface area (Å²) in [5.74, 6) is -0.355. The van der Waals surface area contributed by atoms with Crippen LogP contribution in [0, 0.1) is 0 Å². The SMILES string of the molecule is CCC(=O)Nc1ccc(C(=O)Nc2nnc(Cc3ccc(Cl)cc3)s2)cc1. The van der Waals surface area contributed by atoms with Gasteiger partial charge >= 0.3 is 0 Å². The molecule has 2 N–H and O–H groups in total. The average Bonchev–Trinajstić information content (AvgIpc) is 3.11. The minimum absolute atomic E-state index is 0.0747. The van der Waals surface area contributed by atoms with Crippen LogP contribution in [0.2, 0.25) is 5.02 Å². The van der Waals surface area contributed by atoms with Gasteiger partial charge in [-0.1, -0.05) is 42.0 Å². The fourth-order valence-electron chi connectivity index (χ4n) is 2.28. The maximum atomic E-state index is 12.3. The fraction of sp³-hybridized carbons (Fsp3) is 0.158. The van der Waals surface area contributed by atoms with Crippen LogP contribution in [-0.2, 0) is 11.2 Å². The van der Waals surface area contributed by atoms with Crippen LogP contribution in [0.3, 0.4) is 0 Å². The van der Waals surface area contributed by atoms with Crippen molar-refractivity contribution in [2.24, 2.45) is 0 Å². The van der Waals surface area contributed by atoms with E-state index in [1.807, 2.05) is 24.3 Å². The van der Waals surface area contributed by atoms with Gasteiger partial charge in [-0.15, -0.1) is 10.2 Å². The number of rotatable bonds is 6. The van der Waals surface area contributed by atoms with Crippen LogP contribution in [0.25, 0.3) is 0 Å². The zero-order valence-corrected chi connectivity index (χ0v) is 16.1. The number of nitrogens with zero attached hydrogens (tertiary/aromatic N) is 2. The monoisotopic (exact) mass is 400 g/mol. The lowest BCUT2D eigenvalue weighted by Crippen LogP contribution is -2.12. The molecule has 2 amide bonds. The van der Waals surface area contributed by atoms with Crippen molar-refractivity contribution in [1.29, 1.82) is 0 Å². The number of hydrogen-bond donors (Lipinski definition) is 2. The molecular weight excluding hydrogens is 384 g/mol. The number of anilines is 2. The van der Waals surface area contributed by atoms with Gasteiger partial charge in [0.05, 0.1) is 0 Å². The lowest BCUT2D eigenvalue weighted by molar-refractivity contribution is -0.115.